The third-order valence-corrected chi connectivity index (χ3v) is 5.32. The van der Waals surface area contributed by atoms with Crippen LogP contribution in [0.1, 0.15) is 32.8 Å². The summed E-state index contributed by atoms with van der Waals surface area (Å²) in [5, 5.41) is 0. The zero-order chi connectivity index (χ0) is 20.2. The van der Waals surface area contributed by atoms with Crippen LogP contribution in [-0.2, 0) is 14.8 Å². The predicted octanol–water partition coefficient (Wildman–Crippen LogP) is 2.34. The lowest BCUT2D eigenvalue weighted by Gasteiger charge is -2.26. The monoisotopic (exact) mass is 397 g/mol. The molecule has 0 aliphatic carbocycles. The highest BCUT2D eigenvalue weighted by atomic mass is 32.2. The number of carbonyl (C=O) groups is 2. The first-order chi connectivity index (χ1) is 12.5. The van der Waals surface area contributed by atoms with E-state index in [4.69, 9.17) is 4.74 Å². The highest BCUT2D eigenvalue weighted by Crippen LogP contribution is 2.13. The fourth-order valence-electron chi connectivity index (χ4n) is 2.59. The lowest BCUT2D eigenvalue weighted by molar-refractivity contribution is 0.0259. The number of ether oxygens (including phenoxy) is 1. The van der Waals surface area contributed by atoms with Gasteiger partial charge in [-0.15, -0.1) is 0 Å². The Morgan fingerprint density at radius 3 is 2.15 bits per heavy atom. The molecule has 0 bridgehead atoms. The first kappa shape index (κ1) is 21.0. The molecule has 0 unspecified atom stereocenters. The minimum atomic E-state index is -3.94. The summed E-state index contributed by atoms with van der Waals surface area (Å²) in [5.74, 6) is 0. The van der Waals surface area contributed by atoms with E-state index >= 15 is 0 Å². The zero-order valence-corrected chi connectivity index (χ0v) is 17.0. The molecule has 0 saturated carbocycles. The average Bonchev–Trinajstić information content (AvgIpc) is 2.79. The van der Waals surface area contributed by atoms with Crippen molar-refractivity contribution in [3.8, 4) is 0 Å². The second-order valence-electron chi connectivity index (χ2n) is 7.53. The Balaban J connectivity index is 1.97. The number of amides is 3. The summed E-state index contributed by atoms with van der Waals surface area (Å²) in [6, 6.07) is 5.56. The van der Waals surface area contributed by atoms with Crippen molar-refractivity contribution in [2.24, 2.45) is 0 Å². The smallest absolute Gasteiger partial charge is 0.410 e. The minimum Gasteiger partial charge on any atom is -0.444 e. The molecule has 1 aliphatic heterocycles. The van der Waals surface area contributed by atoms with Crippen LogP contribution >= 0.6 is 0 Å². The summed E-state index contributed by atoms with van der Waals surface area (Å²) in [4.78, 5) is 27.6. The quantitative estimate of drug-likeness (QED) is 0.826. The third kappa shape index (κ3) is 6.13. The Labute approximate surface area is 160 Å². The van der Waals surface area contributed by atoms with E-state index in [0.29, 0.717) is 19.5 Å². The largest absolute Gasteiger partial charge is 0.444 e. The van der Waals surface area contributed by atoms with Gasteiger partial charge in [-0.1, -0.05) is 17.7 Å². The van der Waals surface area contributed by atoms with Crippen molar-refractivity contribution in [3.05, 3.63) is 29.8 Å². The van der Waals surface area contributed by atoms with Crippen LogP contribution in [0, 0.1) is 6.92 Å². The lowest BCUT2D eigenvalue weighted by atomic mass is 10.2. The summed E-state index contributed by atoms with van der Waals surface area (Å²) in [7, 11) is -3.94. The number of carbonyl (C=O) groups excluding carboxylic acids is 2. The first-order valence-corrected chi connectivity index (χ1v) is 10.3. The van der Waals surface area contributed by atoms with E-state index in [1.165, 1.54) is 21.9 Å². The molecule has 0 aromatic heterocycles. The topological polar surface area (TPSA) is 96.0 Å². The molecular formula is C18H27N3O5S. The number of benzene rings is 1. The summed E-state index contributed by atoms with van der Waals surface area (Å²) in [5.41, 5.74) is 0.331. The molecule has 1 N–H and O–H groups in total. The van der Waals surface area contributed by atoms with Gasteiger partial charge in [0.15, 0.2) is 0 Å². The number of hydrogen-bond acceptors (Lipinski definition) is 5. The van der Waals surface area contributed by atoms with Crippen LogP contribution in [0.4, 0.5) is 9.59 Å². The van der Waals surface area contributed by atoms with Gasteiger partial charge in [-0.3, -0.25) is 0 Å². The van der Waals surface area contributed by atoms with Crippen molar-refractivity contribution in [1.82, 2.24) is 14.5 Å². The number of nitrogens with zero attached hydrogens (tertiary/aromatic N) is 2. The maximum Gasteiger partial charge on any atom is 0.410 e. The molecule has 8 nitrogen and oxygen atoms in total. The van der Waals surface area contributed by atoms with Gasteiger partial charge >= 0.3 is 12.1 Å². The van der Waals surface area contributed by atoms with Crippen LogP contribution in [0.5, 0.6) is 0 Å². The van der Waals surface area contributed by atoms with Crippen molar-refractivity contribution in [2.45, 2.75) is 44.6 Å². The molecule has 2 rings (SSSR count). The molecule has 150 valence electrons. The van der Waals surface area contributed by atoms with E-state index in [1.54, 1.807) is 32.9 Å². The maximum atomic E-state index is 12.4. The van der Waals surface area contributed by atoms with Gasteiger partial charge in [0.1, 0.15) is 5.60 Å². The van der Waals surface area contributed by atoms with Crippen molar-refractivity contribution in [2.75, 3.05) is 26.2 Å². The number of aryl methyl sites for hydroxylation is 1. The highest BCUT2D eigenvalue weighted by Gasteiger charge is 2.27. The summed E-state index contributed by atoms with van der Waals surface area (Å²) in [6.45, 7) is 8.54. The molecule has 1 fully saturated rings. The molecular weight excluding hydrogens is 370 g/mol. The fraction of sp³-hybridized carbons (Fsp3) is 0.556. The fourth-order valence-corrected chi connectivity index (χ4v) is 3.56. The summed E-state index contributed by atoms with van der Waals surface area (Å²) in [6.07, 6.45) is 0.106. The molecule has 1 saturated heterocycles. The number of urea groups is 1. The van der Waals surface area contributed by atoms with E-state index in [0.717, 1.165) is 5.56 Å². The molecule has 0 radical (unpaired) electrons. The molecule has 27 heavy (non-hydrogen) atoms. The Morgan fingerprint density at radius 2 is 1.56 bits per heavy atom. The Hall–Kier alpha value is -2.29. The van der Waals surface area contributed by atoms with Crippen LogP contribution < -0.4 is 4.72 Å². The van der Waals surface area contributed by atoms with Gasteiger partial charge in [0, 0.05) is 26.2 Å². The average molecular weight is 397 g/mol. The van der Waals surface area contributed by atoms with E-state index in [9.17, 15) is 18.0 Å². The van der Waals surface area contributed by atoms with E-state index in [1.807, 2.05) is 6.92 Å². The van der Waals surface area contributed by atoms with Crippen LogP contribution in [0.25, 0.3) is 0 Å². The zero-order valence-electron chi connectivity index (χ0n) is 16.2. The van der Waals surface area contributed by atoms with Gasteiger partial charge in [-0.2, -0.15) is 0 Å². The van der Waals surface area contributed by atoms with Gasteiger partial charge in [-0.25, -0.2) is 22.7 Å². The molecule has 1 aromatic carbocycles. The van der Waals surface area contributed by atoms with Crippen LogP contribution in [-0.4, -0.2) is 62.1 Å². The third-order valence-electron chi connectivity index (χ3n) is 3.99. The first-order valence-electron chi connectivity index (χ1n) is 8.84. The molecule has 0 spiro atoms. The second kappa shape index (κ2) is 8.16. The van der Waals surface area contributed by atoms with Crippen molar-refractivity contribution >= 4 is 22.1 Å². The van der Waals surface area contributed by atoms with Gasteiger partial charge in [0.05, 0.1) is 4.90 Å². The number of hydrogen-bond donors (Lipinski definition) is 1. The van der Waals surface area contributed by atoms with E-state index in [2.05, 4.69) is 4.72 Å². The van der Waals surface area contributed by atoms with Crippen molar-refractivity contribution in [1.29, 1.82) is 0 Å². The normalized spacial score (nSPS) is 15.9. The summed E-state index contributed by atoms with van der Waals surface area (Å²) >= 11 is 0. The minimum absolute atomic E-state index is 0.0339. The predicted molar refractivity (Wildman–Crippen MR) is 101 cm³/mol. The standard InChI is InChI=1S/C18H27N3O5S/c1-14-6-8-15(9-7-14)27(24,25)19-16(22)20-10-5-11-21(13-12-20)17(23)26-18(2,3)4/h6-9H,5,10-13H2,1-4H3,(H,19,22). The van der Waals surface area contributed by atoms with E-state index < -0.39 is 27.7 Å². The van der Waals surface area contributed by atoms with Gasteiger partial charge < -0.3 is 14.5 Å². The van der Waals surface area contributed by atoms with Crippen LogP contribution in [0.3, 0.4) is 0 Å². The molecule has 1 heterocycles. The lowest BCUT2D eigenvalue weighted by Crippen LogP contribution is -2.45. The molecule has 1 aliphatic rings. The van der Waals surface area contributed by atoms with Crippen molar-refractivity contribution < 1.29 is 22.7 Å². The van der Waals surface area contributed by atoms with Crippen LogP contribution in [0.2, 0.25) is 0 Å². The Morgan fingerprint density at radius 1 is 1.00 bits per heavy atom. The van der Waals surface area contributed by atoms with Gasteiger partial charge in [0.2, 0.25) is 0 Å². The van der Waals surface area contributed by atoms with Crippen molar-refractivity contribution in [3.63, 3.8) is 0 Å². The SMILES string of the molecule is Cc1ccc(S(=O)(=O)NC(=O)N2CCCN(C(=O)OC(C)(C)C)CC2)cc1. The molecule has 0 atom stereocenters. The second-order valence-corrected chi connectivity index (χ2v) is 9.21. The number of nitrogens with one attached hydrogen (secondary N) is 1. The van der Waals surface area contributed by atoms with Gasteiger partial charge in [-0.05, 0) is 46.2 Å². The molecule has 9 heteroatoms. The number of sulfonamides is 1. The Bertz CT molecular complexity index is 784. The maximum absolute atomic E-state index is 12.4. The van der Waals surface area contributed by atoms with E-state index in [-0.39, 0.29) is 18.0 Å². The molecule has 3 amide bonds. The van der Waals surface area contributed by atoms with Crippen LogP contribution in [0.15, 0.2) is 29.2 Å². The Kier molecular flexibility index (Phi) is 6.35. The highest BCUT2D eigenvalue weighted by molar-refractivity contribution is 7.90. The summed E-state index contributed by atoms with van der Waals surface area (Å²) < 4.78 is 32.2. The molecule has 1 aromatic rings. The van der Waals surface area contributed by atoms with Gasteiger partial charge in [0.25, 0.3) is 10.0 Å². The number of rotatable bonds is 2.